The van der Waals surface area contributed by atoms with E-state index in [9.17, 15) is 24.2 Å². The fourth-order valence-electron chi connectivity index (χ4n) is 6.09. The first kappa shape index (κ1) is 48.2. The first-order valence-electron chi connectivity index (χ1n) is 20.5. The number of carbonyl (C=O) groups is 2. The summed E-state index contributed by atoms with van der Waals surface area (Å²) in [5, 5.41) is 9.60. The van der Waals surface area contributed by atoms with Gasteiger partial charge in [0.1, 0.15) is 12.2 Å². The van der Waals surface area contributed by atoms with Crippen molar-refractivity contribution in [3.8, 4) is 0 Å². The normalized spacial score (nSPS) is 14.1. The van der Waals surface area contributed by atoms with Gasteiger partial charge in [-0.05, 0) is 12.8 Å². The van der Waals surface area contributed by atoms with Crippen LogP contribution in [0.1, 0.15) is 206 Å². The van der Waals surface area contributed by atoms with E-state index in [0.717, 1.165) is 38.5 Å². The Hall–Kier alpha value is -0.830. The molecule has 0 aromatic carbocycles. The minimum absolute atomic E-state index is 0.213. The standard InChI is InChI=1S/C39H78NO8P/c1-3-5-7-9-11-13-15-17-18-20-22-24-26-28-30-32-39(43)47-36(34-41)35-46-49(44,45)48-38(33-40)37(42)31-29-27-25-23-21-19-16-14-12-10-8-6-4-2/h36,38,41H,3-35,40H2,1-2H3,(H,44,45)/t36-,38?/m1/s1. The number of nitrogens with two attached hydrogens (primary N) is 1. The number of rotatable bonds is 39. The number of ketones is 1. The summed E-state index contributed by atoms with van der Waals surface area (Å²) in [5.41, 5.74) is 5.66. The molecule has 292 valence electrons. The first-order chi connectivity index (χ1) is 23.8. The summed E-state index contributed by atoms with van der Waals surface area (Å²) >= 11 is 0. The van der Waals surface area contributed by atoms with Gasteiger partial charge in [0.05, 0.1) is 13.2 Å². The number of phosphoric ester groups is 1. The third-order valence-corrected chi connectivity index (χ3v) is 10.3. The zero-order valence-electron chi connectivity index (χ0n) is 31.9. The maximum absolute atomic E-state index is 12.6. The van der Waals surface area contributed by atoms with Crippen molar-refractivity contribution in [2.45, 2.75) is 219 Å². The van der Waals surface area contributed by atoms with Crippen molar-refractivity contribution in [3.63, 3.8) is 0 Å². The van der Waals surface area contributed by atoms with Crippen LogP contribution >= 0.6 is 7.82 Å². The van der Waals surface area contributed by atoms with Crippen molar-refractivity contribution < 1.29 is 37.9 Å². The Morgan fingerprint density at radius 3 is 1.29 bits per heavy atom. The second-order valence-corrected chi connectivity index (χ2v) is 15.5. The maximum Gasteiger partial charge on any atom is 0.473 e. The smallest absolute Gasteiger partial charge is 0.457 e. The number of unbranched alkanes of at least 4 members (excludes halogenated alkanes) is 26. The molecule has 0 rings (SSSR count). The van der Waals surface area contributed by atoms with E-state index in [-0.39, 0.29) is 25.2 Å². The van der Waals surface area contributed by atoms with Gasteiger partial charge in [0.15, 0.2) is 5.78 Å². The Morgan fingerprint density at radius 2 is 0.939 bits per heavy atom. The van der Waals surface area contributed by atoms with Crippen molar-refractivity contribution in [1.82, 2.24) is 0 Å². The number of ether oxygens (including phenoxy) is 1. The zero-order chi connectivity index (χ0) is 36.3. The van der Waals surface area contributed by atoms with Gasteiger partial charge in [-0.15, -0.1) is 0 Å². The molecule has 0 spiro atoms. The predicted octanol–water partition coefficient (Wildman–Crippen LogP) is 10.7. The van der Waals surface area contributed by atoms with E-state index in [1.807, 2.05) is 0 Å². The third-order valence-electron chi connectivity index (χ3n) is 9.27. The molecule has 0 aromatic heterocycles. The number of phosphoric acid groups is 1. The third kappa shape index (κ3) is 32.8. The topological polar surface area (TPSA) is 145 Å². The molecule has 9 nitrogen and oxygen atoms in total. The zero-order valence-corrected chi connectivity index (χ0v) is 32.8. The average molecular weight is 720 g/mol. The Kier molecular flexibility index (Phi) is 35.0. The lowest BCUT2D eigenvalue weighted by molar-refractivity contribution is -0.153. The molecule has 49 heavy (non-hydrogen) atoms. The van der Waals surface area contributed by atoms with Gasteiger partial charge >= 0.3 is 13.8 Å². The van der Waals surface area contributed by atoms with Crippen molar-refractivity contribution in [3.05, 3.63) is 0 Å². The van der Waals surface area contributed by atoms with Crippen LogP contribution in [0, 0.1) is 0 Å². The van der Waals surface area contributed by atoms with Gasteiger partial charge < -0.3 is 20.5 Å². The van der Waals surface area contributed by atoms with Crippen LogP contribution in [0.4, 0.5) is 0 Å². The van der Waals surface area contributed by atoms with Gasteiger partial charge in [-0.3, -0.25) is 18.6 Å². The van der Waals surface area contributed by atoms with E-state index in [2.05, 4.69) is 13.8 Å². The highest BCUT2D eigenvalue weighted by Gasteiger charge is 2.31. The van der Waals surface area contributed by atoms with Gasteiger partial charge in [-0.1, -0.05) is 181 Å². The predicted molar refractivity (Wildman–Crippen MR) is 202 cm³/mol. The molecule has 0 amide bonds. The van der Waals surface area contributed by atoms with Crippen LogP contribution in [0.15, 0.2) is 0 Å². The molecule has 10 heteroatoms. The van der Waals surface area contributed by atoms with Gasteiger partial charge in [-0.25, -0.2) is 4.57 Å². The second kappa shape index (κ2) is 35.6. The molecular weight excluding hydrogens is 641 g/mol. The molecule has 0 saturated carbocycles. The largest absolute Gasteiger partial charge is 0.473 e. The summed E-state index contributed by atoms with van der Waals surface area (Å²) in [7, 11) is -4.66. The van der Waals surface area contributed by atoms with Gasteiger partial charge in [-0.2, -0.15) is 0 Å². The molecule has 0 aliphatic rings. The van der Waals surface area contributed by atoms with E-state index < -0.39 is 39.2 Å². The lowest BCUT2D eigenvalue weighted by atomic mass is 10.0. The molecule has 3 atom stereocenters. The van der Waals surface area contributed by atoms with Crippen molar-refractivity contribution in [2.75, 3.05) is 19.8 Å². The summed E-state index contributed by atoms with van der Waals surface area (Å²) in [6.45, 7) is 3.15. The van der Waals surface area contributed by atoms with E-state index in [1.165, 1.54) is 128 Å². The van der Waals surface area contributed by atoms with Gasteiger partial charge in [0, 0.05) is 19.4 Å². The quantitative estimate of drug-likeness (QED) is 0.0321. The number of hydrogen-bond donors (Lipinski definition) is 3. The number of hydrogen-bond acceptors (Lipinski definition) is 8. The van der Waals surface area contributed by atoms with Gasteiger partial charge in [0.2, 0.25) is 0 Å². The molecule has 0 heterocycles. The first-order valence-corrected chi connectivity index (χ1v) is 22.0. The van der Waals surface area contributed by atoms with Crippen molar-refractivity contribution in [1.29, 1.82) is 0 Å². The van der Waals surface area contributed by atoms with Crippen molar-refractivity contribution >= 4 is 19.6 Å². The summed E-state index contributed by atoms with van der Waals surface area (Å²) < 4.78 is 27.8. The van der Waals surface area contributed by atoms with Crippen LogP contribution < -0.4 is 5.73 Å². The van der Waals surface area contributed by atoms with Crippen LogP contribution in [0.25, 0.3) is 0 Å². The molecule has 4 N–H and O–H groups in total. The number of aliphatic hydroxyl groups excluding tert-OH is 1. The number of carbonyl (C=O) groups excluding carboxylic acids is 2. The van der Waals surface area contributed by atoms with E-state index >= 15 is 0 Å². The highest BCUT2D eigenvalue weighted by atomic mass is 31.2. The fraction of sp³-hybridized carbons (Fsp3) is 0.949. The van der Waals surface area contributed by atoms with Crippen LogP contribution in [0.2, 0.25) is 0 Å². The summed E-state index contributed by atoms with van der Waals surface area (Å²) in [6.07, 6.45) is 32.2. The molecule has 0 fully saturated rings. The van der Waals surface area contributed by atoms with Crippen LogP contribution in [0.5, 0.6) is 0 Å². The molecular formula is C39H78NO8P. The fourth-order valence-corrected chi connectivity index (χ4v) is 7.03. The monoisotopic (exact) mass is 720 g/mol. The summed E-state index contributed by atoms with van der Waals surface area (Å²) in [5.74, 6) is -0.823. The molecule has 0 aliphatic carbocycles. The Bertz CT molecular complexity index is 799. The van der Waals surface area contributed by atoms with Crippen LogP contribution in [-0.2, 0) is 27.9 Å². The number of esters is 1. The highest BCUT2D eigenvalue weighted by Crippen LogP contribution is 2.45. The molecule has 0 aliphatic heterocycles. The average Bonchev–Trinajstić information content (AvgIpc) is 3.09. The molecule has 0 radical (unpaired) electrons. The number of Topliss-reactive ketones (excluding diaryl/α,β-unsaturated/α-hetero) is 1. The van der Waals surface area contributed by atoms with E-state index in [1.54, 1.807) is 0 Å². The van der Waals surface area contributed by atoms with Gasteiger partial charge in [0.25, 0.3) is 0 Å². The van der Waals surface area contributed by atoms with E-state index in [0.29, 0.717) is 12.8 Å². The lowest BCUT2D eigenvalue weighted by Crippen LogP contribution is -2.32. The second-order valence-electron chi connectivity index (χ2n) is 14.0. The molecule has 0 bridgehead atoms. The molecule has 0 aromatic rings. The minimum atomic E-state index is -4.66. The minimum Gasteiger partial charge on any atom is -0.457 e. The molecule has 0 saturated heterocycles. The Morgan fingerprint density at radius 1 is 0.592 bits per heavy atom. The number of aliphatic hydroxyl groups is 1. The van der Waals surface area contributed by atoms with Crippen LogP contribution in [-0.4, -0.2) is 53.7 Å². The Balaban J connectivity index is 3.95. The van der Waals surface area contributed by atoms with Crippen LogP contribution in [0.3, 0.4) is 0 Å². The summed E-state index contributed by atoms with van der Waals surface area (Å²) in [4.78, 5) is 35.0. The van der Waals surface area contributed by atoms with Crippen molar-refractivity contribution in [2.24, 2.45) is 5.73 Å². The lowest BCUT2D eigenvalue weighted by Gasteiger charge is -2.21. The molecule has 2 unspecified atom stereocenters. The van der Waals surface area contributed by atoms with E-state index in [4.69, 9.17) is 19.5 Å². The SMILES string of the molecule is CCCCCCCCCCCCCCCCCC(=O)O[C@H](CO)COP(=O)(O)OC(CN)C(=O)CCCCCCCCCCCCCCC. The maximum atomic E-state index is 12.6. The Labute approximate surface area is 301 Å². The highest BCUT2D eigenvalue weighted by molar-refractivity contribution is 7.47. The summed E-state index contributed by atoms with van der Waals surface area (Å²) in [6, 6.07) is 0.